The van der Waals surface area contributed by atoms with Crippen molar-refractivity contribution in [2.24, 2.45) is 5.73 Å². The van der Waals surface area contributed by atoms with Crippen LogP contribution in [0, 0.1) is 0 Å². The zero-order chi connectivity index (χ0) is 13.5. The Morgan fingerprint density at radius 1 is 1.37 bits per heavy atom. The molecule has 5 heteroatoms. The Hall–Kier alpha value is -0.260. The lowest BCUT2D eigenvalue weighted by atomic mass is 9.99. The molecule has 1 aliphatic carbocycles. The number of fused-ring (bicyclic) bond motifs is 1. The molecule has 0 spiro atoms. The summed E-state index contributed by atoms with van der Waals surface area (Å²) in [4.78, 5) is 8.76. The molecule has 0 radical (unpaired) electrons. The summed E-state index contributed by atoms with van der Waals surface area (Å²) in [6.07, 6.45) is 4.72. The van der Waals surface area contributed by atoms with E-state index in [1.165, 1.54) is 40.7 Å². The fraction of sp³-hybridized carbons (Fsp3) is 0.786. The number of thiazole rings is 1. The summed E-state index contributed by atoms with van der Waals surface area (Å²) in [5.74, 6) is 1.20. The van der Waals surface area contributed by atoms with Crippen molar-refractivity contribution in [1.29, 1.82) is 0 Å². The lowest BCUT2D eigenvalue weighted by Gasteiger charge is -2.22. The highest BCUT2D eigenvalue weighted by Crippen LogP contribution is 2.38. The van der Waals surface area contributed by atoms with Crippen LogP contribution >= 0.6 is 23.1 Å². The number of aryl methyl sites for hydroxylation is 1. The maximum atomic E-state index is 6.18. The third-order valence-corrected chi connectivity index (χ3v) is 6.66. The zero-order valence-electron chi connectivity index (χ0n) is 11.8. The molecule has 19 heavy (non-hydrogen) atoms. The minimum atomic E-state index is 0.173. The van der Waals surface area contributed by atoms with Gasteiger partial charge in [-0.2, -0.15) is 11.8 Å². The van der Waals surface area contributed by atoms with Gasteiger partial charge < -0.3 is 10.6 Å². The van der Waals surface area contributed by atoms with Crippen molar-refractivity contribution in [3.05, 3.63) is 10.6 Å². The molecule has 2 heterocycles. The first-order valence-corrected chi connectivity index (χ1v) is 8.99. The van der Waals surface area contributed by atoms with Crippen molar-refractivity contribution in [2.75, 3.05) is 23.7 Å². The predicted molar refractivity (Wildman–Crippen MR) is 85.3 cm³/mol. The molecule has 0 aromatic carbocycles. The van der Waals surface area contributed by atoms with Crippen LogP contribution in [0.15, 0.2) is 0 Å². The topological polar surface area (TPSA) is 42.2 Å². The highest BCUT2D eigenvalue weighted by Gasteiger charge is 2.27. The Bertz CT molecular complexity index is 456. The van der Waals surface area contributed by atoms with Gasteiger partial charge in [0, 0.05) is 34.5 Å². The molecule has 1 aromatic heterocycles. The van der Waals surface area contributed by atoms with E-state index in [9.17, 15) is 0 Å². The molecule has 0 saturated carbocycles. The molecule has 1 fully saturated rings. The smallest absolute Gasteiger partial charge is 0.185 e. The van der Waals surface area contributed by atoms with Crippen LogP contribution in [0.5, 0.6) is 0 Å². The second kappa shape index (κ2) is 5.26. The van der Waals surface area contributed by atoms with Gasteiger partial charge in [0.2, 0.25) is 0 Å². The van der Waals surface area contributed by atoms with E-state index in [0.29, 0.717) is 4.75 Å². The second-order valence-electron chi connectivity index (χ2n) is 6.15. The van der Waals surface area contributed by atoms with Crippen molar-refractivity contribution in [3.8, 4) is 0 Å². The van der Waals surface area contributed by atoms with Crippen LogP contribution in [0.4, 0.5) is 5.13 Å². The molecule has 2 N–H and O–H groups in total. The van der Waals surface area contributed by atoms with Crippen LogP contribution in [0.3, 0.4) is 0 Å². The predicted octanol–water partition coefficient (Wildman–Crippen LogP) is 3.20. The average Bonchev–Trinajstić information content (AvgIpc) is 2.70. The van der Waals surface area contributed by atoms with E-state index in [1.807, 2.05) is 11.3 Å². The molecule has 1 unspecified atom stereocenters. The normalized spacial score (nSPS) is 26.9. The van der Waals surface area contributed by atoms with Crippen LogP contribution in [0.1, 0.15) is 49.7 Å². The lowest BCUT2D eigenvalue weighted by molar-refractivity contribution is 0.563. The van der Waals surface area contributed by atoms with Crippen molar-refractivity contribution >= 4 is 28.2 Å². The number of hydrogen-bond donors (Lipinski definition) is 1. The van der Waals surface area contributed by atoms with E-state index in [0.717, 1.165) is 19.5 Å². The SMILES string of the molecule is CC1(C)CCN(c2nc3c(s2)CCCC3N)CCS1. The van der Waals surface area contributed by atoms with Crippen molar-refractivity contribution in [3.63, 3.8) is 0 Å². The molecule has 0 bridgehead atoms. The van der Waals surface area contributed by atoms with Gasteiger partial charge in [-0.1, -0.05) is 13.8 Å². The van der Waals surface area contributed by atoms with Gasteiger partial charge in [0.25, 0.3) is 0 Å². The minimum Gasteiger partial charge on any atom is -0.347 e. The van der Waals surface area contributed by atoms with E-state index in [4.69, 9.17) is 10.7 Å². The molecule has 3 rings (SSSR count). The first-order valence-electron chi connectivity index (χ1n) is 7.19. The maximum absolute atomic E-state index is 6.18. The number of aromatic nitrogens is 1. The maximum Gasteiger partial charge on any atom is 0.185 e. The molecule has 0 amide bonds. The standard InChI is InChI=1S/C14H23N3S2/c1-14(2)6-7-17(8-9-18-14)13-16-12-10(15)4-3-5-11(12)19-13/h10H,3-9,15H2,1-2H3. The van der Waals surface area contributed by atoms with E-state index < -0.39 is 0 Å². The molecule has 3 nitrogen and oxygen atoms in total. The van der Waals surface area contributed by atoms with Gasteiger partial charge in [-0.15, -0.1) is 11.3 Å². The van der Waals surface area contributed by atoms with Crippen LogP contribution in [-0.2, 0) is 6.42 Å². The quantitative estimate of drug-likeness (QED) is 0.864. The van der Waals surface area contributed by atoms with Crippen LogP contribution in [-0.4, -0.2) is 28.6 Å². The van der Waals surface area contributed by atoms with Gasteiger partial charge in [0.15, 0.2) is 5.13 Å². The van der Waals surface area contributed by atoms with Gasteiger partial charge >= 0.3 is 0 Å². The van der Waals surface area contributed by atoms with Crippen LogP contribution in [0.25, 0.3) is 0 Å². The van der Waals surface area contributed by atoms with Crippen molar-refractivity contribution in [1.82, 2.24) is 4.98 Å². The third kappa shape index (κ3) is 2.93. The third-order valence-electron chi connectivity index (χ3n) is 4.09. The van der Waals surface area contributed by atoms with E-state index in [-0.39, 0.29) is 6.04 Å². The first-order chi connectivity index (χ1) is 9.05. The van der Waals surface area contributed by atoms with Gasteiger partial charge in [-0.25, -0.2) is 4.98 Å². The summed E-state index contributed by atoms with van der Waals surface area (Å²) in [7, 11) is 0. The Balaban J connectivity index is 1.79. The summed E-state index contributed by atoms with van der Waals surface area (Å²) in [5, 5.41) is 1.21. The molecule has 1 saturated heterocycles. The second-order valence-corrected chi connectivity index (χ2v) is 9.01. The molecule has 1 atom stereocenters. The number of rotatable bonds is 1. The fourth-order valence-corrected chi connectivity index (χ4v) is 5.11. The monoisotopic (exact) mass is 297 g/mol. The summed E-state index contributed by atoms with van der Waals surface area (Å²) in [6.45, 7) is 6.95. The van der Waals surface area contributed by atoms with Gasteiger partial charge in [0.1, 0.15) is 0 Å². The Kier molecular flexibility index (Phi) is 3.80. The minimum absolute atomic E-state index is 0.173. The molecule has 1 aromatic rings. The van der Waals surface area contributed by atoms with Gasteiger partial charge in [-0.05, 0) is 25.7 Å². The fourth-order valence-electron chi connectivity index (χ4n) is 2.79. The number of nitrogens with two attached hydrogens (primary N) is 1. The van der Waals surface area contributed by atoms with E-state index >= 15 is 0 Å². The Morgan fingerprint density at radius 3 is 3.00 bits per heavy atom. The summed E-state index contributed by atoms with van der Waals surface area (Å²) < 4.78 is 0.405. The Labute approximate surface area is 124 Å². The molecule has 2 aliphatic rings. The summed E-state index contributed by atoms with van der Waals surface area (Å²) >= 11 is 3.97. The van der Waals surface area contributed by atoms with Gasteiger partial charge in [0.05, 0.1) is 5.69 Å². The lowest BCUT2D eigenvalue weighted by Crippen LogP contribution is -2.27. The highest BCUT2D eigenvalue weighted by atomic mass is 32.2. The first kappa shape index (κ1) is 13.7. The van der Waals surface area contributed by atoms with Crippen molar-refractivity contribution in [2.45, 2.75) is 50.3 Å². The average molecular weight is 297 g/mol. The van der Waals surface area contributed by atoms with Crippen molar-refractivity contribution < 1.29 is 0 Å². The zero-order valence-corrected chi connectivity index (χ0v) is 13.4. The number of hydrogen-bond acceptors (Lipinski definition) is 5. The molecule has 106 valence electrons. The van der Waals surface area contributed by atoms with E-state index in [1.54, 1.807) is 0 Å². The van der Waals surface area contributed by atoms with E-state index in [2.05, 4.69) is 30.5 Å². The van der Waals surface area contributed by atoms with Gasteiger partial charge in [-0.3, -0.25) is 0 Å². The molecular weight excluding hydrogens is 274 g/mol. The molecular formula is C14H23N3S2. The van der Waals surface area contributed by atoms with Crippen LogP contribution < -0.4 is 10.6 Å². The van der Waals surface area contributed by atoms with Crippen LogP contribution in [0.2, 0.25) is 0 Å². The number of nitrogens with zero attached hydrogens (tertiary/aromatic N) is 2. The molecule has 1 aliphatic heterocycles. The number of anilines is 1. The number of thioether (sulfide) groups is 1. The highest BCUT2D eigenvalue weighted by molar-refractivity contribution is 8.00. The summed E-state index contributed by atoms with van der Waals surface area (Å²) in [5.41, 5.74) is 7.37. The summed E-state index contributed by atoms with van der Waals surface area (Å²) in [6, 6.07) is 0.173. The Morgan fingerprint density at radius 2 is 2.21 bits per heavy atom. The largest absolute Gasteiger partial charge is 0.347 e.